The first kappa shape index (κ1) is 20.4. The maximum absolute atomic E-state index is 11.2. The van der Waals surface area contributed by atoms with Gasteiger partial charge in [0.05, 0.1) is 11.2 Å². The van der Waals surface area contributed by atoms with Gasteiger partial charge >= 0.3 is 5.97 Å². The lowest BCUT2D eigenvalue weighted by molar-refractivity contribution is -0.118. The molecule has 0 spiro atoms. The number of halogens is 1. The molecule has 3 aromatic rings. The number of carboxylic acid groups (broad SMARTS) is 1. The molecule has 1 aliphatic heterocycles. The number of benzene rings is 1. The fraction of sp³-hybridized carbons (Fsp3) is 0.125. The number of nitrogens with two attached hydrogens (primary N) is 1. The highest BCUT2D eigenvalue weighted by atomic mass is 35.5. The lowest BCUT2D eigenvalue weighted by Gasteiger charge is -2.18. The number of fused-ring (bicyclic) bond motifs is 2. The van der Waals surface area contributed by atoms with Crippen molar-refractivity contribution in [2.45, 2.75) is 6.54 Å². The van der Waals surface area contributed by atoms with Crippen LogP contribution in [0.3, 0.4) is 0 Å². The zero-order valence-corrected chi connectivity index (χ0v) is 15.4. The van der Waals surface area contributed by atoms with Gasteiger partial charge in [0.25, 0.3) is 11.5 Å². The van der Waals surface area contributed by atoms with Crippen molar-refractivity contribution < 1.29 is 19.4 Å². The fourth-order valence-corrected chi connectivity index (χ4v) is 2.96. The maximum atomic E-state index is 11.2. The second kappa shape index (κ2) is 8.62. The van der Waals surface area contributed by atoms with Crippen molar-refractivity contribution in [2.75, 3.05) is 11.9 Å². The van der Waals surface area contributed by atoms with E-state index in [1.54, 1.807) is 11.4 Å². The van der Waals surface area contributed by atoms with E-state index in [9.17, 15) is 14.4 Å². The number of hydrogen-bond acceptors (Lipinski definition) is 7. The first-order valence-electron chi connectivity index (χ1n) is 7.44. The van der Waals surface area contributed by atoms with Crippen LogP contribution in [0.25, 0.3) is 10.2 Å². The molecule has 3 heterocycles. The smallest absolute Gasteiger partial charge is 0.372 e. The number of aromatic amines is 1. The number of rotatable bonds is 2. The van der Waals surface area contributed by atoms with Crippen LogP contribution in [0.4, 0.5) is 5.69 Å². The van der Waals surface area contributed by atoms with Crippen molar-refractivity contribution in [3.8, 4) is 5.75 Å². The summed E-state index contributed by atoms with van der Waals surface area (Å²) in [5.41, 5.74) is 7.17. The van der Waals surface area contributed by atoms with Gasteiger partial charge in [0.15, 0.2) is 6.61 Å². The summed E-state index contributed by atoms with van der Waals surface area (Å²) >= 11 is 1.24. The molecule has 2 aromatic heterocycles. The van der Waals surface area contributed by atoms with Crippen molar-refractivity contribution in [1.29, 1.82) is 0 Å². The van der Waals surface area contributed by atoms with Crippen LogP contribution in [0, 0.1) is 0 Å². The van der Waals surface area contributed by atoms with E-state index < -0.39 is 11.5 Å². The molecule has 9 nitrogen and oxygen atoms in total. The average Bonchev–Trinajstić information content (AvgIpc) is 3.10. The molecule has 0 fully saturated rings. The molecule has 0 radical (unpaired) electrons. The lowest BCUT2D eigenvalue weighted by Crippen LogP contribution is -2.25. The van der Waals surface area contributed by atoms with Gasteiger partial charge < -0.3 is 20.9 Å². The Morgan fingerprint density at radius 2 is 2.11 bits per heavy atom. The minimum absolute atomic E-state index is 0. The van der Waals surface area contributed by atoms with Crippen molar-refractivity contribution >= 4 is 51.5 Å². The molecule has 142 valence electrons. The molecule has 1 aromatic carbocycles. The van der Waals surface area contributed by atoms with Crippen LogP contribution in [0.1, 0.15) is 16.2 Å². The lowest BCUT2D eigenvalue weighted by atomic mass is 10.1. The SMILES string of the molecule is Cl.NCc1ccc2c(c1)NC(=O)CO2.O=C(O)c1nc2ccsc2c(=O)[nH]1. The van der Waals surface area contributed by atoms with E-state index in [-0.39, 0.29) is 30.7 Å². The number of H-pyrrole nitrogens is 1. The predicted octanol–water partition coefficient (Wildman–Crippen LogP) is 1.58. The van der Waals surface area contributed by atoms with E-state index in [1.807, 2.05) is 18.2 Å². The summed E-state index contributed by atoms with van der Waals surface area (Å²) in [5, 5.41) is 13.0. The summed E-state index contributed by atoms with van der Waals surface area (Å²) in [6.07, 6.45) is 0. The largest absolute Gasteiger partial charge is 0.482 e. The zero-order chi connectivity index (χ0) is 18.7. The van der Waals surface area contributed by atoms with Crippen LogP contribution in [-0.2, 0) is 11.3 Å². The van der Waals surface area contributed by atoms with Gasteiger partial charge in [-0.1, -0.05) is 6.07 Å². The first-order chi connectivity index (χ1) is 12.5. The molecule has 1 aliphatic rings. The first-order valence-corrected chi connectivity index (χ1v) is 8.32. The molecular formula is C16H15ClN4O5S. The number of aromatic carboxylic acids is 1. The summed E-state index contributed by atoms with van der Waals surface area (Å²) in [6, 6.07) is 7.14. The normalized spacial score (nSPS) is 12.0. The van der Waals surface area contributed by atoms with Crippen molar-refractivity contribution in [2.24, 2.45) is 5.73 Å². The number of anilines is 1. The summed E-state index contributed by atoms with van der Waals surface area (Å²) in [6.45, 7) is 0.554. The Labute approximate surface area is 162 Å². The number of amides is 1. The van der Waals surface area contributed by atoms with Gasteiger partial charge in [0.2, 0.25) is 5.82 Å². The second-order valence-electron chi connectivity index (χ2n) is 5.23. The molecule has 5 N–H and O–H groups in total. The Morgan fingerprint density at radius 3 is 2.81 bits per heavy atom. The van der Waals surface area contributed by atoms with Gasteiger partial charge in [-0.05, 0) is 29.1 Å². The van der Waals surface area contributed by atoms with Crippen LogP contribution in [0.15, 0.2) is 34.4 Å². The Kier molecular flexibility index (Phi) is 6.50. The Bertz CT molecular complexity index is 1050. The summed E-state index contributed by atoms with van der Waals surface area (Å²) < 4.78 is 5.63. The van der Waals surface area contributed by atoms with Gasteiger partial charge in [0, 0.05) is 6.54 Å². The van der Waals surface area contributed by atoms with E-state index in [0.717, 1.165) is 5.56 Å². The average molecular weight is 411 g/mol. The van der Waals surface area contributed by atoms with Crippen LogP contribution in [-0.4, -0.2) is 33.6 Å². The number of carboxylic acids is 1. The molecule has 0 unspecified atom stereocenters. The molecule has 0 aliphatic carbocycles. The topological polar surface area (TPSA) is 147 Å². The maximum Gasteiger partial charge on any atom is 0.372 e. The number of ether oxygens (including phenoxy) is 1. The third-order valence-corrected chi connectivity index (χ3v) is 4.33. The van der Waals surface area contributed by atoms with Crippen LogP contribution in [0.5, 0.6) is 5.75 Å². The molecular weight excluding hydrogens is 396 g/mol. The van der Waals surface area contributed by atoms with Crippen molar-refractivity contribution in [3.05, 3.63) is 51.4 Å². The monoisotopic (exact) mass is 410 g/mol. The van der Waals surface area contributed by atoms with Crippen LogP contribution in [0.2, 0.25) is 0 Å². The van der Waals surface area contributed by atoms with E-state index in [4.69, 9.17) is 15.6 Å². The van der Waals surface area contributed by atoms with E-state index in [2.05, 4.69) is 15.3 Å². The molecule has 0 saturated heterocycles. The highest BCUT2D eigenvalue weighted by Crippen LogP contribution is 2.28. The van der Waals surface area contributed by atoms with Gasteiger partial charge in [-0.25, -0.2) is 9.78 Å². The Hall–Kier alpha value is -2.95. The number of aromatic nitrogens is 2. The molecule has 0 atom stereocenters. The fourth-order valence-electron chi connectivity index (χ4n) is 2.23. The number of nitrogens with one attached hydrogen (secondary N) is 2. The minimum Gasteiger partial charge on any atom is -0.482 e. The van der Waals surface area contributed by atoms with Gasteiger partial charge in [-0.15, -0.1) is 23.7 Å². The molecule has 4 rings (SSSR count). The van der Waals surface area contributed by atoms with Crippen molar-refractivity contribution in [1.82, 2.24) is 9.97 Å². The predicted molar refractivity (Wildman–Crippen MR) is 103 cm³/mol. The van der Waals surface area contributed by atoms with E-state index in [1.165, 1.54) is 11.3 Å². The number of thiophene rings is 1. The molecule has 0 saturated carbocycles. The second-order valence-corrected chi connectivity index (χ2v) is 6.14. The van der Waals surface area contributed by atoms with Gasteiger partial charge in [-0.3, -0.25) is 14.6 Å². The number of nitrogens with zero attached hydrogens (tertiary/aromatic N) is 1. The van der Waals surface area contributed by atoms with Gasteiger partial charge in [0.1, 0.15) is 10.4 Å². The molecule has 27 heavy (non-hydrogen) atoms. The minimum atomic E-state index is -1.23. The standard InChI is InChI=1S/C9H10N2O2.C7H4N2O3S.ClH/c10-4-6-1-2-8-7(3-6)11-9(12)5-13-8;10-6-4-3(1-2-13-4)8-5(9-6)7(11)12;/h1-3H,4-5,10H2,(H,11,12);1-2H,(H,11,12)(H,8,9,10);1H. The van der Waals surface area contributed by atoms with Crippen LogP contribution >= 0.6 is 23.7 Å². The summed E-state index contributed by atoms with van der Waals surface area (Å²) in [4.78, 5) is 38.6. The number of carbonyl (C=O) groups is 2. The third-order valence-electron chi connectivity index (χ3n) is 3.43. The Balaban J connectivity index is 0.000000187. The highest BCUT2D eigenvalue weighted by molar-refractivity contribution is 7.17. The summed E-state index contributed by atoms with van der Waals surface area (Å²) in [7, 11) is 0. The Morgan fingerprint density at radius 1 is 1.33 bits per heavy atom. The summed E-state index contributed by atoms with van der Waals surface area (Å²) in [5.74, 6) is -0.973. The molecule has 1 amide bonds. The molecule has 11 heteroatoms. The van der Waals surface area contributed by atoms with Gasteiger partial charge in [-0.2, -0.15) is 0 Å². The number of carbonyl (C=O) groups excluding carboxylic acids is 1. The highest BCUT2D eigenvalue weighted by Gasteiger charge is 2.15. The zero-order valence-electron chi connectivity index (χ0n) is 13.7. The number of hydrogen-bond donors (Lipinski definition) is 4. The van der Waals surface area contributed by atoms with E-state index in [0.29, 0.717) is 28.2 Å². The van der Waals surface area contributed by atoms with Crippen molar-refractivity contribution in [3.63, 3.8) is 0 Å². The quantitative estimate of drug-likeness (QED) is 0.501. The van der Waals surface area contributed by atoms with E-state index >= 15 is 0 Å². The van der Waals surface area contributed by atoms with Crippen LogP contribution < -0.4 is 21.3 Å². The third kappa shape index (κ3) is 4.61. The molecule has 0 bridgehead atoms.